The van der Waals surface area contributed by atoms with E-state index in [4.69, 9.17) is 22.1 Å². The first kappa shape index (κ1) is 19.8. The number of carbonyl (C=O) groups is 2. The number of amides is 2. The summed E-state index contributed by atoms with van der Waals surface area (Å²) in [4.78, 5) is 24.4. The zero-order chi connectivity index (χ0) is 19.1. The molecule has 0 bridgehead atoms. The van der Waals surface area contributed by atoms with E-state index in [2.05, 4.69) is 5.32 Å². The summed E-state index contributed by atoms with van der Waals surface area (Å²) in [5.41, 5.74) is 6.22. The van der Waals surface area contributed by atoms with E-state index < -0.39 is 5.91 Å². The summed E-state index contributed by atoms with van der Waals surface area (Å²) in [5, 5.41) is 3.50. The van der Waals surface area contributed by atoms with Crippen molar-refractivity contribution in [3.8, 4) is 5.75 Å². The summed E-state index contributed by atoms with van der Waals surface area (Å²) >= 11 is 5.84. The summed E-state index contributed by atoms with van der Waals surface area (Å²) in [7, 11) is 1.94. The van der Waals surface area contributed by atoms with Gasteiger partial charge in [-0.05, 0) is 55.5 Å². The molecule has 0 saturated heterocycles. The second-order valence-electron chi connectivity index (χ2n) is 6.05. The second kappa shape index (κ2) is 9.22. The minimum atomic E-state index is -0.499. The molecule has 26 heavy (non-hydrogen) atoms. The Morgan fingerprint density at radius 1 is 1.15 bits per heavy atom. The number of ether oxygens (including phenoxy) is 1. The Labute approximate surface area is 157 Å². The molecule has 2 aromatic carbocycles. The van der Waals surface area contributed by atoms with Crippen LogP contribution in [-0.2, 0) is 4.79 Å². The van der Waals surface area contributed by atoms with E-state index in [1.54, 1.807) is 36.4 Å². The lowest BCUT2D eigenvalue weighted by molar-refractivity contribution is -0.894. The predicted molar refractivity (Wildman–Crippen MR) is 102 cm³/mol. The minimum absolute atomic E-state index is 0.110. The van der Waals surface area contributed by atoms with Crippen molar-refractivity contribution in [1.82, 2.24) is 0 Å². The van der Waals surface area contributed by atoms with Crippen LogP contribution in [0.1, 0.15) is 17.3 Å². The van der Waals surface area contributed by atoms with Gasteiger partial charge in [-0.1, -0.05) is 11.6 Å². The van der Waals surface area contributed by atoms with Crippen molar-refractivity contribution < 1.29 is 19.2 Å². The number of benzene rings is 2. The van der Waals surface area contributed by atoms with E-state index in [1.807, 2.05) is 26.1 Å². The number of anilines is 1. The third kappa shape index (κ3) is 5.75. The van der Waals surface area contributed by atoms with Gasteiger partial charge in [0.1, 0.15) is 18.9 Å². The van der Waals surface area contributed by atoms with Crippen LogP contribution in [0.5, 0.6) is 5.75 Å². The molecule has 2 atom stereocenters. The number of halogens is 1. The fourth-order valence-electron chi connectivity index (χ4n) is 2.27. The van der Waals surface area contributed by atoms with E-state index in [0.717, 1.165) is 10.6 Å². The lowest BCUT2D eigenvalue weighted by Gasteiger charge is -2.21. The number of nitrogens with one attached hydrogen (secondary N) is 2. The Morgan fingerprint density at radius 2 is 1.77 bits per heavy atom. The van der Waals surface area contributed by atoms with Crippen LogP contribution in [0.15, 0.2) is 48.5 Å². The summed E-state index contributed by atoms with van der Waals surface area (Å²) in [5.74, 6) is 0.135. The van der Waals surface area contributed by atoms with Gasteiger partial charge in [0.2, 0.25) is 5.91 Å². The maximum absolute atomic E-state index is 12.4. The van der Waals surface area contributed by atoms with Gasteiger partial charge >= 0.3 is 0 Å². The van der Waals surface area contributed by atoms with Crippen molar-refractivity contribution in [1.29, 1.82) is 0 Å². The molecule has 4 N–H and O–H groups in total. The van der Waals surface area contributed by atoms with Gasteiger partial charge < -0.3 is 20.7 Å². The topological polar surface area (TPSA) is 85.9 Å². The zero-order valence-electron chi connectivity index (χ0n) is 14.8. The van der Waals surface area contributed by atoms with E-state index in [9.17, 15) is 9.59 Å². The summed E-state index contributed by atoms with van der Waals surface area (Å²) in [6.07, 6.45) is 0. The molecular formula is C19H23ClN3O3+. The van der Waals surface area contributed by atoms with Crippen LogP contribution >= 0.6 is 11.6 Å². The molecule has 0 aliphatic carbocycles. The van der Waals surface area contributed by atoms with Gasteiger partial charge in [-0.2, -0.15) is 0 Å². The highest BCUT2D eigenvalue weighted by atomic mass is 35.5. The number of hydrogen-bond acceptors (Lipinski definition) is 3. The first-order chi connectivity index (χ1) is 12.4. The molecule has 0 heterocycles. The van der Waals surface area contributed by atoms with Crippen molar-refractivity contribution in [3.63, 3.8) is 0 Å². The molecule has 0 aliphatic rings. The lowest BCUT2D eigenvalue weighted by Crippen LogP contribution is -3.14. The lowest BCUT2D eigenvalue weighted by atomic mass is 10.2. The first-order valence-corrected chi connectivity index (χ1v) is 8.66. The van der Waals surface area contributed by atoms with Crippen LogP contribution in [0.4, 0.5) is 5.69 Å². The molecule has 138 valence electrons. The van der Waals surface area contributed by atoms with Crippen LogP contribution < -0.4 is 20.7 Å². The van der Waals surface area contributed by atoms with Crippen LogP contribution in [-0.4, -0.2) is 38.1 Å². The van der Waals surface area contributed by atoms with Crippen molar-refractivity contribution >= 4 is 29.1 Å². The Balaban J connectivity index is 1.80. The average molecular weight is 377 g/mol. The average Bonchev–Trinajstić information content (AvgIpc) is 2.63. The maximum Gasteiger partial charge on any atom is 0.282 e. The van der Waals surface area contributed by atoms with Crippen molar-refractivity contribution in [2.75, 3.05) is 25.5 Å². The molecule has 2 aromatic rings. The molecule has 0 radical (unpaired) electrons. The second-order valence-corrected chi connectivity index (χ2v) is 6.49. The third-order valence-corrected chi connectivity index (χ3v) is 4.40. The Kier molecular flexibility index (Phi) is 7.00. The predicted octanol–water partition coefficient (Wildman–Crippen LogP) is 1.36. The largest absolute Gasteiger partial charge is 0.488 e. The quantitative estimate of drug-likeness (QED) is 0.650. The van der Waals surface area contributed by atoms with E-state index in [0.29, 0.717) is 29.4 Å². The molecule has 0 fully saturated rings. The van der Waals surface area contributed by atoms with Gasteiger partial charge in [0.15, 0.2) is 6.04 Å². The van der Waals surface area contributed by atoms with Gasteiger partial charge in [-0.15, -0.1) is 0 Å². The van der Waals surface area contributed by atoms with Gasteiger partial charge in [-0.25, -0.2) is 0 Å². The van der Waals surface area contributed by atoms with Crippen molar-refractivity contribution in [3.05, 3.63) is 59.1 Å². The summed E-state index contributed by atoms with van der Waals surface area (Å²) in [6.45, 7) is 3.00. The molecule has 2 rings (SSSR count). The van der Waals surface area contributed by atoms with Crippen LogP contribution in [0, 0.1) is 0 Å². The van der Waals surface area contributed by atoms with E-state index in [-0.39, 0.29) is 11.9 Å². The molecule has 6 nitrogen and oxygen atoms in total. The molecular weight excluding hydrogens is 354 g/mol. The van der Waals surface area contributed by atoms with E-state index >= 15 is 0 Å². The van der Waals surface area contributed by atoms with Crippen LogP contribution in [0.3, 0.4) is 0 Å². The Bertz CT molecular complexity index is 748. The normalized spacial score (nSPS) is 12.9. The SMILES string of the molecule is C[C@H](C(=O)Nc1ccc(C(N)=O)cc1)[NH+](C)CCOc1ccc(Cl)cc1. The van der Waals surface area contributed by atoms with E-state index in [1.165, 1.54) is 0 Å². The summed E-state index contributed by atoms with van der Waals surface area (Å²) in [6, 6.07) is 13.4. The smallest absolute Gasteiger partial charge is 0.282 e. The fraction of sp³-hybridized carbons (Fsp3) is 0.263. The number of rotatable bonds is 8. The van der Waals surface area contributed by atoms with Crippen molar-refractivity contribution in [2.24, 2.45) is 5.73 Å². The fourth-order valence-corrected chi connectivity index (χ4v) is 2.40. The Hall–Kier alpha value is -2.57. The molecule has 0 aliphatic heterocycles. The highest BCUT2D eigenvalue weighted by Crippen LogP contribution is 2.15. The van der Waals surface area contributed by atoms with Crippen molar-refractivity contribution in [2.45, 2.75) is 13.0 Å². The number of primary amides is 1. The molecule has 1 unspecified atom stereocenters. The van der Waals surface area contributed by atoms with Crippen LogP contribution in [0.25, 0.3) is 0 Å². The Morgan fingerprint density at radius 3 is 2.35 bits per heavy atom. The zero-order valence-corrected chi connectivity index (χ0v) is 15.5. The standard InChI is InChI=1S/C19H22ClN3O3/c1-13(19(25)22-16-7-3-14(4-8-16)18(21)24)23(2)11-12-26-17-9-5-15(20)6-10-17/h3-10,13H,11-12H2,1-2H3,(H2,21,24)(H,22,25)/p+1/t13-/m1/s1. The molecule has 2 amide bonds. The molecule has 7 heteroatoms. The number of likely N-dealkylation sites (N-methyl/N-ethyl adjacent to an activating group) is 1. The van der Waals surface area contributed by atoms with Gasteiger partial charge in [0.25, 0.3) is 5.91 Å². The molecule has 0 saturated carbocycles. The highest BCUT2D eigenvalue weighted by molar-refractivity contribution is 6.30. The van der Waals surface area contributed by atoms with Gasteiger partial charge in [0.05, 0.1) is 7.05 Å². The molecule has 0 aromatic heterocycles. The first-order valence-electron chi connectivity index (χ1n) is 8.28. The minimum Gasteiger partial charge on any atom is -0.488 e. The van der Waals surface area contributed by atoms with Gasteiger partial charge in [0, 0.05) is 16.3 Å². The highest BCUT2D eigenvalue weighted by Gasteiger charge is 2.21. The number of hydrogen-bond donors (Lipinski definition) is 3. The third-order valence-electron chi connectivity index (χ3n) is 4.15. The number of carbonyl (C=O) groups excluding carboxylic acids is 2. The monoisotopic (exact) mass is 376 g/mol. The van der Waals surface area contributed by atoms with Gasteiger partial charge in [-0.3, -0.25) is 9.59 Å². The number of nitrogens with two attached hydrogens (primary N) is 1. The van der Waals surface area contributed by atoms with Crippen LogP contribution in [0.2, 0.25) is 5.02 Å². The molecule has 0 spiro atoms. The number of quaternary nitrogens is 1. The maximum atomic E-state index is 12.4. The summed E-state index contributed by atoms with van der Waals surface area (Å²) < 4.78 is 5.66.